The van der Waals surface area contributed by atoms with Gasteiger partial charge in [-0.25, -0.2) is 0 Å². The van der Waals surface area contributed by atoms with Crippen molar-refractivity contribution in [3.8, 4) is 0 Å². The normalized spacial score (nSPS) is 25.4. The van der Waals surface area contributed by atoms with E-state index in [9.17, 15) is 0 Å². The van der Waals surface area contributed by atoms with Crippen molar-refractivity contribution in [2.75, 3.05) is 32.8 Å². The maximum absolute atomic E-state index is 5.31. The Balaban J connectivity index is 1.78. The quantitative estimate of drug-likeness (QED) is 0.589. The summed E-state index contributed by atoms with van der Waals surface area (Å²) in [4.78, 5) is 4.38. The summed E-state index contributed by atoms with van der Waals surface area (Å²) in [6, 6.07) is 0.599. The second kappa shape index (κ2) is 4.58. The monoisotopic (exact) mass is 183 g/mol. The van der Waals surface area contributed by atoms with Crippen LogP contribution in [0.3, 0.4) is 0 Å². The number of nitrogens with one attached hydrogen (secondary N) is 2. The predicted octanol–water partition coefficient (Wildman–Crippen LogP) is -0.243. The van der Waals surface area contributed by atoms with Crippen LogP contribution in [0.1, 0.15) is 12.8 Å². The number of ether oxygens (including phenoxy) is 1. The van der Waals surface area contributed by atoms with E-state index >= 15 is 0 Å². The molecule has 1 fully saturated rings. The Morgan fingerprint density at radius 2 is 2.23 bits per heavy atom. The van der Waals surface area contributed by atoms with Crippen LogP contribution in [0.15, 0.2) is 4.99 Å². The number of amidine groups is 1. The fourth-order valence-electron chi connectivity index (χ4n) is 1.75. The lowest BCUT2D eigenvalue weighted by atomic mass is 10.1. The van der Waals surface area contributed by atoms with Crippen LogP contribution in [0.25, 0.3) is 0 Å². The highest BCUT2D eigenvalue weighted by Crippen LogP contribution is 2.02. The van der Waals surface area contributed by atoms with Gasteiger partial charge in [-0.1, -0.05) is 0 Å². The molecule has 2 heterocycles. The Morgan fingerprint density at radius 3 is 2.92 bits per heavy atom. The minimum Gasteiger partial charge on any atom is -0.372 e. The van der Waals surface area contributed by atoms with Crippen LogP contribution in [0, 0.1) is 0 Å². The van der Waals surface area contributed by atoms with Crippen molar-refractivity contribution >= 4 is 5.84 Å². The van der Waals surface area contributed by atoms with Gasteiger partial charge in [-0.05, 0) is 25.9 Å². The molecule has 0 spiro atoms. The Hall–Kier alpha value is -0.610. The first-order valence-electron chi connectivity index (χ1n) is 5.03. The molecule has 0 aromatic rings. The van der Waals surface area contributed by atoms with Gasteiger partial charge in [-0.2, -0.15) is 0 Å². The molecule has 0 radical (unpaired) electrons. The fraction of sp³-hybridized carbons (Fsp3) is 0.889. The highest BCUT2D eigenvalue weighted by Gasteiger charge is 2.15. The Kier molecular flexibility index (Phi) is 3.16. The van der Waals surface area contributed by atoms with Gasteiger partial charge in [0.2, 0.25) is 0 Å². The average Bonchev–Trinajstić information content (AvgIpc) is 2.21. The first-order valence-corrected chi connectivity index (χ1v) is 5.03. The molecule has 0 aromatic heterocycles. The van der Waals surface area contributed by atoms with Crippen LogP contribution in [-0.2, 0) is 4.74 Å². The third-order valence-electron chi connectivity index (χ3n) is 2.49. The summed E-state index contributed by atoms with van der Waals surface area (Å²) in [7, 11) is 0. The molecule has 0 atom stereocenters. The number of hydrogen-bond acceptors (Lipinski definition) is 4. The second-order valence-corrected chi connectivity index (χ2v) is 3.55. The molecule has 0 unspecified atom stereocenters. The molecule has 4 nitrogen and oxygen atoms in total. The average molecular weight is 183 g/mol. The van der Waals surface area contributed by atoms with E-state index in [0.29, 0.717) is 12.6 Å². The van der Waals surface area contributed by atoms with E-state index in [0.717, 1.165) is 32.1 Å². The number of aliphatic imine (C=N–C) groups is 1. The molecule has 0 aliphatic carbocycles. The standard InChI is InChI=1S/C9H17N3O/c1-3-10-4-2-8(1)12-9-7-13-6-5-11-9/h8,10H,1-7H2,(H,11,12). The van der Waals surface area contributed by atoms with Crippen LogP contribution in [0.5, 0.6) is 0 Å². The van der Waals surface area contributed by atoms with Crippen molar-refractivity contribution in [3.05, 3.63) is 0 Å². The molecule has 2 rings (SSSR count). The molecular formula is C9H17N3O. The van der Waals surface area contributed by atoms with Crippen LogP contribution < -0.4 is 10.6 Å². The van der Waals surface area contributed by atoms with Gasteiger partial charge in [0, 0.05) is 6.04 Å². The van der Waals surface area contributed by atoms with Crippen LogP contribution in [0.2, 0.25) is 0 Å². The molecule has 74 valence electrons. The first kappa shape index (κ1) is 8.97. The van der Waals surface area contributed by atoms with Crippen LogP contribution in [-0.4, -0.2) is 44.7 Å². The predicted molar refractivity (Wildman–Crippen MR) is 52.1 cm³/mol. The van der Waals surface area contributed by atoms with Gasteiger partial charge < -0.3 is 15.4 Å². The number of nitrogens with zero attached hydrogens (tertiary/aromatic N) is 1. The van der Waals surface area contributed by atoms with Gasteiger partial charge in [0.25, 0.3) is 0 Å². The summed E-state index contributed by atoms with van der Waals surface area (Å²) in [5.74, 6) is 1.04. The van der Waals surface area contributed by atoms with E-state index in [4.69, 9.17) is 4.74 Å². The van der Waals surface area contributed by atoms with E-state index in [1.165, 1.54) is 12.8 Å². The van der Waals surface area contributed by atoms with Gasteiger partial charge in [-0.15, -0.1) is 0 Å². The Bertz CT molecular complexity index is 187. The summed E-state index contributed by atoms with van der Waals surface area (Å²) in [5, 5.41) is 6.78. The van der Waals surface area contributed by atoms with Crippen LogP contribution >= 0.6 is 0 Å². The smallest absolute Gasteiger partial charge is 0.123 e. The zero-order valence-corrected chi connectivity index (χ0v) is 7.88. The summed E-state index contributed by atoms with van der Waals surface area (Å²) >= 11 is 0. The molecule has 0 saturated carbocycles. The zero-order valence-electron chi connectivity index (χ0n) is 7.88. The van der Waals surface area contributed by atoms with Gasteiger partial charge in [-0.3, -0.25) is 4.99 Å². The number of hydrogen-bond donors (Lipinski definition) is 2. The van der Waals surface area contributed by atoms with Gasteiger partial charge in [0.05, 0.1) is 13.2 Å². The second-order valence-electron chi connectivity index (χ2n) is 3.55. The molecule has 2 aliphatic rings. The molecule has 1 saturated heterocycles. The van der Waals surface area contributed by atoms with E-state index in [2.05, 4.69) is 15.6 Å². The van der Waals surface area contributed by atoms with Crippen molar-refractivity contribution in [2.45, 2.75) is 18.9 Å². The molecule has 2 N–H and O–H groups in total. The third kappa shape index (κ3) is 2.67. The molecular weight excluding hydrogens is 166 g/mol. The summed E-state index contributed by atoms with van der Waals surface area (Å²) < 4.78 is 5.31. The van der Waals surface area contributed by atoms with Crippen molar-refractivity contribution in [2.24, 2.45) is 4.99 Å². The molecule has 0 bridgehead atoms. The molecule has 0 aromatic carbocycles. The largest absolute Gasteiger partial charge is 0.372 e. The van der Waals surface area contributed by atoms with Crippen molar-refractivity contribution in [3.63, 3.8) is 0 Å². The summed E-state index contributed by atoms with van der Waals surface area (Å²) in [6.07, 6.45) is 2.39. The van der Waals surface area contributed by atoms with Gasteiger partial charge in [0.1, 0.15) is 12.4 Å². The lowest BCUT2D eigenvalue weighted by Crippen LogP contribution is -2.45. The maximum Gasteiger partial charge on any atom is 0.123 e. The van der Waals surface area contributed by atoms with E-state index < -0.39 is 0 Å². The molecule has 0 amide bonds. The van der Waals surface area contributed by atoms with E-state index in [1.54, 1.807) is 0 Å². The third-order valence-corrected chi connectivity index (χ3v) is 2.49. The summed E-state index contributed by atoms with van der Waals surface area (Å²) in [5.41, 5.74) is 0. The maximum atomic E-state index is 5.31. The topological polar surface area (TPSA) is 45.6 Å². The highest BCUT2D eigenvalue weighted by molar-refractivity contribution is 5.84. The Morgan fingerprint density at radius 1 is 1.38 bits per heavy atom. The fourth-order valence-corrected chi connectivity index (χ4v) is 1.75. The zero-order chi connectivity index (χ0) is 8.93. The van der Waals surface area contributed by atoms with E-state index in [1.807, 2.05) is 0 Å². The Labute approximate surface area is 78.8 Å². The summed E-state index contributed by atoms with van der Waals surface area (Å²) in [6.45, 7) is 4.49. The van der Waals surface area contributed by atoms with Gasteiger partial charge in [0.15, 0.2) is 0 Å². The molecule has 13 heavy (non-hydrogen) atoms. The highest BCUT2D eigenvalue weighted by atomic mass is 16.5. The number of piperidine rings is 1. The van der Waals surface area contributed by atoms with Crippen molar-refractivity contribution in [1.29, 1.82) is 0 Å². The molecule has 4 heteroatoms. The minimum absolute atomic E-state index is 0.599. The van der Waals surface area contributed by atoms with Gasteiger partial charge >= 0.3 is 0 Å². The minimum atomic E-state index is 0.599. The van der Waals surface area contributed by atoms with E-state index in [-0.39, 0.29) is 0 Å². The van der Waals surface area contributed by atoms with Crippen molar-refractivity contribution in [1.82, 2.24) is 10.6 Å². The van der Waals surface area contributed by atoms with Crippen LogP contribution in [0.4, 0.5) is 0 Å². The first-order chi connectivity index (χ1) is 6.45. The van der Waals surface area contributed by atoms with Crippen molar-refractivity contribution < 1.29 is 4.74 Å². The molecule has 2 aliphatic heterocycles. The SMILES string of the molecule is C1COCC(NC2CCNCC2)=N1. The lowest BCUT2D eigenvalue weighted by Gasteiger charge is -2.26. The number of rotatable bonds is 1. The lowest BCUT2D eigenvalue weighted by molar-refractivity contribution is 0.167.